The summed E-state index contributed by atoms with van der Waals surface area (Å²) >= 11 is 0. The topological polar surface area (TPSA) is 20.2 Å². The van der Waals surface area contributed by atoms with E-state index in [4.69, 9.17) is 5.11 Å². The van der Waals surface area contributed by atoms with Crippen LogP contribution >= 0.6 is 0 Å². The highest BCUT2D eigenvalue weighted by atomic mass is 19.1. The van der Waals surface area contributed by atoms with E-state index in [0.717, 1.165) is 19.3 Å². The molecule has 2 atom stereocenters. The fourth-order valence-electron chi connectivity index (χ4n) is 1.24. The highest BCUT2D eigenvalue weighted by Crippen LogP contribution is 2.19. The van der Waals surface area contributed by atoms with Gasteiger partial charge in [0.2, 0.25) is 0 Å². The molecule has 0 aromatic carbocycles. The molecule has 0 heterocycles. The first kappa shape index (κ1) is 7.00. The van der Waals surface area contributed by atoms with Gasteiger partial charge in [-0.1, -0.05) is 19.3 Å². The molecule has 0 aromatic heterocycles. The third-order valence-electron chi connectivity index (χ3n) is 1.90. The summed E-state index contributed by atoms with van der Waals surface area (Å²) in [5.41, 5.74) is 0. The molecule has 54 valence electrons. The van der Waals surface area contributed by atoms with Crippen LogP contribution < -0.4 is 0 Å². The third kappa shape index (κ3) is 1.94. The van der Waals surface area contributed by atoms with Gasteiger partial charge in [0.1, 0.15) is 6.17 Å². The van der Waals surface area contributed by atoms with Crippen molar-refractivity contribution >= 4 is 0 Å². The van der Waals surface area contributed by atoms with Gasteiger partial charge in [-0.2, -0.15) is 0 Å². The molecule has 0 radical (unpaired) electrons. The Kier molecular flexibility index (Phi) is 2.46. The van der Waals surface area contributed by atoms with Crippen LogP contribution in [0.5, 0.6) is 0 Å². The van der Waals surface area contributed by atoms with Crippen LogP contribution in [0.3, 0.4) is 0 Å². The maximum absolute atomic E-state index is 12.6. The van der Waals surface area contributed by atoms with Crippen LogP contribution in [0.25, 0.3) is 0 Å². The number of hydrogen-bond donors (Lipinski definition) is 1. The first-order chi connectivity index (χ1) is 4.30. The van der Waals surface area contributed by atoms with E-state index in [2.05, 4.69) is 0 Å². The maximum Gasteiger partial charge on any atom is 0.126 e. The normalized spacial score (nSPS) is 38.0. The van der Waals surface area contributed by atoms with Crippen molar-refractivity contribution in [1.82, 2.24) is 0 Å². The molecule has 0 saturated heterocycles. The largest absolute Gasteiger partial charge is 0.390 e. The van der Waals surface area contributed by atoms with E-state index in [0.29, 0.717) is 12.8 Å². The highest BCUT2D eigenvalue weighted by molar-refractivity contribution is 4.71. The molecule has 1 aliphatic carbocycles. The Bertz CT molecular complexity index is 75.0. The smallest absolute Gasteiger partial charge is 0.126 e. The van der Waals surface area contributed by atoms with Crippen molar-refractivity contribution in [3.8, 4) is 0 Å². The number of rotatable bonds is 0. The Morgan fingerprint density at radius 2 is 1.78 bits per heavy atom. The van der Waals surface area contributed by atoms with Crippen LogP contribution in [0.4, 0.5) is 4.39 Å². The molecule has 0 spiro atoms. The fourth-order valence-corrected chi connectivity index (χ4v) is 1.24. The van der Waals surface area contributed by atoms with Crippen molar-refractivity contribution in [2.45, 2.75) is 44.4 Å². The maximum atomic E-state index is 12.6. The van der Waals surface area contributed by atoms with Crippen LogP contribution in [0.2, 0.25) is 0 Å². The molecule has 1 saturated carbocycles. The predicted octanol–water partition coefficient (Wildman–Crippen LogP) is 1.65. The molecule has 0 aromatic rings. The second kappa shape index (κ2) is 3.16. The summed E-state index contributed by atoms with van der Waals surface area (Å²) in [7, 11) is 0. The first-order valence-electron chi connectivity index (χ1n) is 3.63. The molecular formula is C7H13FO. The average molecular weight is 132 g/mol. The number of alkyl halides is 1. The van der Waals surface area contributed by atoms with Gasteiger partial charge in [-0.15, -0.1) is 0 Å². The van der Waals surface area contributed by atoms with Gasteiger partial charge in [-0.05, 0) is 12.8 Å². The molecule has 1 nitrogen and oxygen atoms in total. The van der Waals surface area contributed by atoms with Crippen LogP contribution in [0.15, 0.2) is 0 Å². The van der Waals surface area contributed by atoms with Crippen molar-refractivity contribution in [1.29, 1.82) is 0 Å². The second-order valence-electron chi connectivity index (χ2n) is 2.72. The molecule has 0 amide bonds. The Morgan fingerprint density at radius 3 is 2.56 bits per heavy atom. The third-order valence-corrected chi connectivity index (χ3v) is 1.90. The van der Waals surface area contributed by atoms with Gasteiger partial charge in [0, 0.05) is 0 Å². The highest BCUT2D eigenvalue weighted by Gasteiger charge is 2.19. The van der Waals surface area contributed by atoms with Gasteiger partial charge in [-0.3, -0.25) is 0 Å². The molecule has 2 heteroatoms. The summed E-state index contributed by atoms with van der Waals surface area (Å²) in [6.07, 6.45) is 2.60. The summed E-state index contributed by atoms with van der Waals surface area (Å²) in [4.78, 5) is 0. The van der Waals surface area contributed by atoms with Gasteiger partial charge in [-0.25, -0.2) is 4.39 Å². The Morgan fingerprint density at radius 1 is 1.11 bits per heavy atom. The Labute approximate surface area is 54.9 Å². The molecule has 1 N–H and O–H groups in total. The lowest BCUT2D eigenvalue weighted by atomic mass is 10.1. The van der Waals surface area contributed by atoms with Gasteiger partial charge in [0.05, 0.1) is 6.10 Å². The predicted molar refractivity (Wildman–Crippen MR) is 34.0 cm³/mol. The molecule has 9 heavy (non-hydrogen) atoms. The van der Waals surface area contributed by atoms with Gasteiger partial charge >= 0.3 is 0 Å². The minimum atomic E-state index is -0.951. The molecule has 1 aliphatic rings. The van der Waals surface area contributed by atoms with Crippen molar-refractivity contribution in [3.05, 3.63) is 0 Å². The van der Waals surface area contributed by atoms with E-state index >= 15 is 0 Å². The van der Waals surface area contributed by atoms with E-state index in [1.807, 2.05) is 0 Å². The summed E-state index contributed by atoms with van der Waals surface area (Å²) < 4.78 is 12.6. The second-order valence-corrected chi connectivity index (χ2v) is 2.72. The molecule has 1 rings (SSSR count). The lowest BCUT2D eigenvalue weighted by molar-refractivity contribution is 0.0724. The molecule has 1 fully saturated rings. The standard InChI is InChI=1S/C7H13FO/c8-6-4-2-1-3-5-7(6)9/h6-7,9H,1-5H2. The quantitative estimate of drug-likeness (QED) is 0.497. The number of halogens is 1. The first-order valence-corrected chi connectivity index (χ1v) is 3.63. The minimum absolute atomic E-state index is 0.557. The van der Waals surface area contributed by atoms with Crippen LogP contribution in [0, 0.1) is 0 Å². The van der Waals surface area contributed by atoms with Gasteiger partial charge in [0.25, 0.3) is 0 Å². The molecule has 0 aliphatic heterocycles. The van der Waals surface area contributed by atoms with E-state index in [1.165, 1.54) is 0 Å². The van der Waals surface area contributed by atoms with Crippen LogP contribution in [0.1, 0.15) is 32.1 Å². The number of aliphatic hydroxyl groups is 1. The summed E-state index contributed by atoms with van der Waals surface area (Å²) in [5, 5.41) is 8.98. The van der Waals surface area contributed by atoms with Gasteiger partial charge < -0.3 is 5.11 Å². The SMILES string of the molecule is OC1CCCCCC1F. The average Bonchev–Trinajstić information content (AvgIpc) is 1.99. The Balaban J connectivity index is 2.32. The van der Waals surface area contributed by atoms with E-state index in [-0.39, 0.29) is 0 Å². The number of hydrogen-bond acceptors (Lipinski definition) is 1. The zero-order chi connectivity index (χ0) is 6.69. The zero-order valence-electron chi connectivity index (χ0n) is 5.52. The van der Waals surface area contributed by atoms with Crippen LogP contribution in [-0.2, 0) is 0 Å². The van der Waals surface area contributed by atoms with Gasteiger partial charge in [0.15, 0.2) is 0 Å². The Hall–Kier alpha value is -0.110. The molecule has 0 bridgehead atoms. The van der Waals surface area contributed by atoms with E-state index in [1.54, 1.807) is 0 Å². The summed E-state index contributed by atoms with van der Waals surface area (Å²) in [5.74, 6) is 0. The monoisotopic (exact) mass is 132 g/mol. The zero-order valence-corrected chi connectivity index (χ0v) is 5.52. The molecular weight excluding hydrogens is 119 g/mol. The van der Waals surface area contributed by atoms with E-state index < -0.39 is 12.3 Å². The fraction of sp³-hybridized carbons (Fsp3) is 1.00. The lowest BCUT2D eigenvalue weighted by Crippen LogP contribution is -2.19. The van der Waals surface area contributed by atoms with Crippen molar-refractivity contribution in [2.24, 2.45) is 0 Å². The number of aliphatic hydroxyl groups excluding tert-OH is 1. The van der Waals surface area contributed by atoms with Crippen molar-refractivity contribution < 1.29 is 9.50 Å². The summed E-state index contributed by atoms with van der Waals surface area (Å²) in [6.45, 7) is 0. The van der Waals surface area contributed by atoms with Crippen molar-refractivity contribution in [2.75, 3.05) is 0 Å². The van der Waals surface area contributed by atoms with Crippen LogP contribution in [-0.4, -0.2) is 17.4 Å². The molecule has 2 unspecified atom stereocenters. The lowest BCUT2D eigenvalue weighted by Gasteiger charge is -2.09. The van der Waals surface area contributed by atoms with E-state index in [9.17, 15) is 4.39 Å². The minimum Gasteiger partial charge on any atom is -0.390 e. The van der Waals surface area contributed by atoms with Crippen molar-refractivity contribution in [3.63, 3.8) is 0 Å². The summed E-state index contributed by atoms with van der Waals surface area (Å²) in [6, 6.07) is 0.